The molecule has 43 heavy (non-hydrogen) atoms. The van der Waals surface area contributed by atoms with Gasteiger partial charge in [0.2, 0.25) is 0 Å². The van der Waals surface area contributed by atoms with Gasteiger partial charge in [0.1, 0.15) is 30.3 Å². The van der Waals surface area contributed by atoms with Crippen LogP contribution in [0.15, 0.2) is 99.2 Å². The van der Waals surface area contributed by atoms with Crippen molar-refractivity contribution >= 4 is 26.8 Å². The van der Waals surface area contributed by atoms with E-state index in [1.54, 1.807) is 19.2 Å². The van der Waals surface area contributed by atoms with Gasteiger partial charge in [-0.05, 0) is 48.7 Å². The molecular formula is C33H32O9S. The number of para-hydroxylation sites is 1. The molecule has 0 spiro atoms. The van der Waals surface area contributed by atoms with Crippen LogP contribution in [0.3, 0.4) is 0 Å². The Kier molecular flexibility index (Phi) is 8.98. The van der Waals surface area contributed by atoms with E-state index in [1.165, 1.54) is 30.3 Å². The third kappa shape index (κ3) is 6.98. The van der Waals surface area contributed by atoms with Crippen LogP contribution in [0, 0.1) is 5.92 Å². The largest absolute Gasteiger partial charge is 0.501 e. The highest BCUT2D eigenvalue weighted by molar-refractivity contribution is 7.90. The fourth-order valence-electron chi connectivity index (χ4n) is 4.83. The van der Waals surface area contributed by atoms with Crippen molar-refractivity contribution in [1.82, 2.24) is 0 Å². The number of ether oxygens (including phenoxy) is 4. The lowest BCUT2D eigenvalue weighted by molar-refractivity contribution is -0.0410. The van der Waals surface area contributed by atoms with Gasteiger partial charge in [-0.1, -0.05) is 43.0 Å². The van der Waals surface area contributed by atoms with E-state index in [0.29, 0.717) is 5.56 Å². The van der Waals surface area contributed by atoms with Crippen LogP contribution in [0.1, 0.15) is 28.8 Å². The second kappa shape index (κ2) is 12.8. The van der Waals surface area contributed by atoms with Crippen molar-refractivity contribution in [2.45, 2.75) is 30.4 Å². The standard InChI is InChI=1S/C33H32O9S/c1-21(38-2)23-16-24(17-23)39-14-15-40-30-18-25(43(3,36)37)12-13-27(30)31-19-29(34)26-10-7-11-28(32(26)42-31)33(35)41-20-22-8-5-4-6-9-22/h4-13,18-19,23-24H,1,14-17,20H2,2-3H3/t23-,24+. The highest BCUT2D eigenvalue weighted by Gasteiger charge is 2.32. The topological polar surface area (TPSA) is 118 Å². The molecule has 0 amide bonds. The van der Waals surface area contributed by atoms with E-state index in [9.17, 15) is 18.0 Å². The Labute approximate surface area is 249 Å². The maximum atomic E-state index is 13.2. The predicted octanol–water partition coefficient (Wildman–Crippen LogP) is 5.55. The van der Waals surface area contributed by atoms with Gasteiger partial charge in [-0.2, -0.15) is 0 Å². The number of fused-ring (bicyclic) bond motifs is 1. The summed E-state index contributed by atoms with van der Waals surface area (Å²) in [5.74, 6) is 0.658. The van der Waals surface area contributed by atoms with Crippen molar-refractivity contribution in [3.63, 3.8) is 0 Å². The van der Waals surface area contributed by atoms with Gasteiger partial charge in [0, 0.05) is 18.2 Å². The molecule has 4 aromatic rings. The van der Waals surface area contributed by atoms with Gasteiger partial charge >= 0.3 is 5.97 Å². The molecule has 5 rings (SSSR count). The van der Waals surface area contributed by atoms with Gasteiger partial charge < -0.3 is 23.4 Å². The summed E-state index contributed by atoms with van der Waals surface area (Å²) in [6.07, 6.45) is 2.76. The van der Waals surface area contributed by atoms with Crippen LogP contribution >= 0.6 is 0 Å². The number of hydrogen-bond donors (Lipinski definition) is 0. The Morgan fingerprint density at radius 3 is 2.49 bits per heavy atom. The monoisotopic (exact) mass is 604 g/mol. The highest BCUT2D eigenvalue weighted by atomic mass is 32.2. The fourth-order valence-corrected chi connectivity index (χ4v) is 5.46. The normalized spacial score (nSPS) is 16.3. The quantitative estimate of drug-likeness (QED) is 0.116. The maximum Gasteiger partial charge on any atom is 0.342 e. The molecule has 1 aliphatic rings. The number of carbonyl (C=O) groups is 1. The smallest absolute Gasteiger partial charge is 0.342 e. The lowest BCUT2D eigenvalue weighted by atomic mass is 9.81. The van der Waals surface area contributed by atoms with E-state index in [0.717, 1.165) is 30.4 Å². The molecule has 0 unspecified atom stereocenters. The van der Waals surface area contributed by atoms with Crippen molar-refractivity contribution in [2.24, 2.45) is 5.92 Å². The molecule has 1 aromatic heterocycles. The lowest BCUT2D eigenvalue weighted by Gasteiger charge is -2.35. The molecule has 3 aromatic carbocycles. The summed E-state index contributed by atoms with van der Waals surface area (Å²) < 4.78 is 53.3. The number of esters is 1. The van der Waals surface area contributed by atoms with Gasteiger partial charge in [-0.25, -0.2) is 13.2 Å². The van der Waals surface area contributed by atoms with Crippen LogP contribution < -0.4 is 10.2 Å². The summed E-state index contributed by atoms with van der Waals surface area (Å²) in [6, 6.07) is 19.5. The number of sulfone groups is 1. The summed E-state index contributed by atoms with van der Waals surface area (Å²) in [7, 11) is -1.96. The zero-order valence-electron chi connectivity index (χ0n) is 23.9. The SMILES string of the molecule is C=C(OC)[C@H]1C[C@@H](OCCOc2cc(S(C)(=O)=O)ccc2-c2cc(=O)c3cccc(C(=O)OCc4ccccc4)c3o2)C1. The summed E-state index contributed by atoms with van der Waals surface area (Å²) in [4.78, 5) is 26.2. The first-order valence-corrected chi connectivity index (χ1v) is 15.6. The Morgan fingerprint density at radius 1 is 1.00 bits per heavy atom. The van der Waals surface area contributed by atoms with Crippen molar-refractivity contribution in [1.29, 1.82) is 0 Å². The second-order valence-electron chi connectivity index (χ2n) is 10.3. The van der Waals surface area contributed by atoms with Gasteiger partial charge in [-0.15, -0.1) is 0 Å². The molecule has 1 fully saturated rings. The van der Waals surface area contributed by atoms with E-state index in [-0.39, 0.29) is 70.2 Å². The minimum atomic E-state index is -3.55. The molecule has 10 heteroatoms. The van der Waals surface area contributed by atoms with Crippen LogP contribution in [0.4, 0.5) is 0 Å². The fraction of sp³-hybridized carbons (Fsp3) is 0.273. The first kappa shape index (κ1) is 30.1. The first-order chi connectivity index (χ1) is 20.6. The lowest BCUT2D eigenvalue weighted by Crippen LogP contribution is -2.33. The average molecular weight is 605 g/mol. The summed E-state index contributed by atoms with van der Waals surface area (Å²) in [6.45, 7) is 4.33. The van der Waals surface area contributed by atoms with Crippen LogP contribution in [-0.2, 0) is 30.7 Å². The molecular weight excluding hydrogens is 572 g/mol. The second-order valence-corrected chi connectivity index (χ2v) is 12.3. The molecule has 0 aliphatic heterocycles. The third-order valence-electron chi connectivity index (χ3n) is 7.34. The van der Waals surface area contributed by atoms with E-state index < -0.39 is 15.8 Å². The van der Waals surface area contributed by atoms with Crippen LogP contribution in [0.25, 0.3) is 22.3 Å². The molecule has 1 aliphatic carbocycles. The number of carbonyl (C=O) groups excluding carboxylic acids is 1. The van der Waals surface area contributed by atoms with Gasteiger partial charge in [0.25, 0.3) is 0 Å². The van der Waals surface area contributed by atoms with E-state index in [2.05, 4.69) is 6.58 Å². The third-order valence-corrected chi connectivity index (χ3v) is 8.45. The van der Waals surface area contributed by atoms with E-state index in [1.807, 2.05) is 30.3 Å². The van der Waals surface area contributed by atoms with E-state index in [4.69, 9.17) is 23.4 Å². The number of allylic oxidation sites excluding steroid dienone is 1. The summed E-state index contributed by atoms with van der Waals surface area (Å²) in [5, 5.41) is 0.205. The molecule has 0 bridgehead atoms. The Morgan fingerprint density at radius 2 is 1.77 bits per heavy atom. The van der Waals surface area contributed by atoms with Gasteiger partial charge in [0.15, 0.2) is 20.8 Å². The molecule has 0 saturated heterocycles. The number of methoxy groups -OCH3 is 1. The van der Waals surface area contributed by atoms with Crippen LogP contribution in [0.2, 0.25) is 0 Å². The van der Waals surface area contributed by atoms with Crippen molar-refractivity contribution in [3.8, 4) is 17.1 Å². The zero-order valence-corrected chi connectivity index (χ0v) is 24.7. The molecule has 9 nitrogen and oxygen atoms in total. The summed E-state index contributed by atoms with van der Waals surface area (Å²) in [5.41, 5.74) is 0.923. The Balaban J connectivity index is 1.40. The van der Waals surface area contributed by atoms with Gasteiger partial charge in [0.05, 0.1) is 41.4 Å². The molecule has 0 N–H and O–H groups in total. The number of rotatable bonds is 12. The number of hydrogen-bond acceptors (Lipinski definition) is 9. The van der Waals surface area contributed by atoms with Crippen molar-refractivity contribution in [3.05, 3.63) is 106 Å². The molecule has 0 radical (unpaired) electrons. The minimum absolute atomic E-state index is 0.0420. The molecule has 0 atom stereocenters. The summed E-state index contributed by atoms with van der Waals surface area (Å²) >= 11 is 0. The molecule has 1 saturated carbocycles. The van der Waals surface area contributed by atoms with Crippen LogP contribution in [-0.4, -0.2) is 47.1 Å². The highest BCUT2D eigenvalue weighted by Crippen LogP contribution is 2.36. The van der Waals surface area contributed by atoms with Crippen molar-refractivity contribution in [2.75, 3.05) is 26.6 Å². The molecule has 1 heterocycles. The maximum absolute atomic E-state index is 13.2. The van der Waals surface area contributed by atoms with Crippen molar-refractivity contribution < 1.29 is 36.6 Å². The predicted molar refractivity (Wildman–Crippen MR) is 161 cm³/mol. The zero-order chi connectivity index (χ0) is 30.6. The molecule has 224 valence electrons. The minimum Gasteiger partial charge on any atom is -0.501 e. The Bertz CT molecular complexity index is 1800. The van der Waals surface area contributed by atoms with E-state index >= 15 is 0 Å². The first-order valence-electron chi connectivity index (χ1n) is 13.7. The Hall–Kier alpha value is -4.41. The van der Waals surface area contributed by atoms with Crippen LogP contribution in [0.5, 0.6) is 5.75 Å². The average Bonchev–Trinajstić information content (AvgIpc) is 2.98. The number of benzene rings is 3. The van der Waals surface area contributed by atoms with Gasteiger partial charge in [-0.3, -0.25) is 4.79 Å².